The lowest BCUT2D eigenvalue weighted by Gasteiger charge is -2.31. The minimum absolute atomic E-state index is 0.00953. The number of piperidine rings is 1. The summed E-state index contributed by atoms with van der Waals surface area (Å²) in [6, 6.07) is 11.0. The van der Waals surface area contributed by atoms with Crippen molar-refractivity contribution in [1.29, 1.82) is 0 Å². The first kappa shape index (κ1) is 23.5. The highest BCUT2D eigenvalue weighted by Crippen LogP contribution is 2.27. The lowest BCUT2D eigenvalue weighted by molar-refractivity contribution is -0.126. The molecule has 166 valence electrons. The molecule has 1 N–H and O–H groups in total. The van der Waals surface area contributed by atoms with Gasteiger partial charge in [-0.15, -0.1) is 0 Å². The molecule has 0 aromatic heterocycles. The van der Waals surface area contributed by atoms with E-state index in [1.165, 1.54) is 23.5 Å². The number of nitrogens with one attached hydrogen (secondary N) is 1. The van der Waals surface area contributed by atoms with E-state index < -0.39 is 16.0 Å². The Morgan fingerprint density at radius 2 is 1.81 bits per heavy atom. The van der Waals surface area contributed by atoms with Crippen molar-refractivity contribution in [2.45, 2.75) is 24.3 Å². The standard InChI is InChI=1S/C21H22Cl2N2O5S/c1-30-21(27)17-4-2-3-5-19(17)31(28,29)25-10-8-14(9-11-25)20(26)24-13-15-6-7-16(22)12-18(15)23/h2-7,12,14H,8-11,13H2,1H3,(H,24,26). The Labute approximate surface area is 191 Å². The molecule has 1 fully saturated rings. The third-order valence-corrected chi connectivity index (χ3v) is 7.75. The fourth-order valence-electron chi connectivity index (χ4n) is 3.46. The molecule has 3 rings (SSSR count). The van der Waals surface area contributed by atoms with Gasteiger partial charge in [0.1, 0.15) is 0 Å². The quantitative estimate of drug-likeness (QED) is 0.633. The van der Waals surface area contributed by atoms with E-state index in [0.29, 0.717) is 22.9 Å². The fourth-order valence-corrected chi connectivity index (χ4v) is 5.58. The molecule has 1 aliphatic heterocycles. The van der Waals surface area contributed by atoms with Crippen molar-refractivity contribution in [1.82, 2.24) is 9.62 Å². The van der Waals surface area contributed by atoms with Crippen LogP contribution in [0, 0.1) is 5.92 Å². The third kappa shape index (κ3) is 5.38. The summed E-state index contributed by atoms with van der Waals surface area (Å²) in [5.41, 5.74) is 0.739. The van der Waals surface area contributed by atoms with E-state index in [1.807, 2.05) is 0 Å². The monoisotopic (exact) mass is 484 g/mol. The molecule has 1 amide bonds. The molecule has 1 heterocycles. The number of hydrogen-bond donors (Lipinski definition) is 1. The van der Waals surface area contributed by atoms with Gasteiger partial charge in [-0.1, -0.05) is 41.4 Å². The number of sulfonamides is 1. The zero-order valence-corrected chi connectivity index (χ0v) is 19.1. The van der Waals surface area contributed by atoms with Crippen LogP contribution < -0.4 is 5.32 Å². The number of nitrogens with zero attached hydrogens (tertiary/aromatic N) is 1. The van der Waals surface area contributed by atoms with Crippen molar-refractivity contribution < 1.29 is 22.7 Å². The Balaban J connectivity index is 1.62. The summed E-state index contributed by atoms with van der Waals surface area (Å²) in [4.78, 5) is 24.4. The highest BCUT2D eigenvalue weighted by molar-refractivity contribution is 7.89. The van der Waals surface area contributed by atoms with Crippen LogP contribution in [0.4, 0.5) is 0 Å². The molecule has 0 saturated carbocycles. The predicted molar refractivity (Wildman–Crippen MR) is 118 cm³/mol. The van der Waals surface area contributed by atoms with Crippen LogP contribution in [0.5, 0.6) is 0 Å². The SMILES string of the molecule is COC(=O)c1ccccc1S(=O)(=O)N1CCC(C(=O)NCc2ccc(Cl)cc2Cl)CC1. The van der Waals surface area contributed by atoms with Gasteiger partial charge < -0.3 is 10.1 Å². The van der Waals surface area contributed by atoms with Crippen LogP contribution in [0.2, 0.25) is 10.0 Å². The maximum absolute atomic E-state index is 13.1. The number of ether oxygens (including phenoxy) is 1. The van der Waals surface area contributed by atoms with Crippen molar-refractivity contribution in [3.63, 3.8) is 0 Å². The molecule has 1 aliphatic rings. The second-order valence-corrected chi connectivity index (χ2v) is 9.87. The molecule has 0 atom stereocenters. The normalized spacial score (nSPS) is 15.5. The molecular weight excluding hydrogens is 463 g/mol. The van der Waals surface area contributed by atoms with E-state index in [0.717, 1.165) is 5.56 Å². The highest BCUT2D eigenvalue weighted by atomic mass is 35.5. The molecule has 7 nitrogen and oxygen atoms in total. The number of amides is 1. The predicted octanol–water partition coefficient (Wildman–Crippen LogP) is 3.50. The van der Waals surface area contributed by atoms with Crippen molar-refractivity contribution in [3.8, 4) is 0 Å². The van der Waals surface area contributed by atoms with Gasteiger partial charge in [-0.05, 0) is 42.7 Å². The van der Waals surface area contributed by atoms with Crippen molar-refractivity contribution >= 4 is 45.1 Å². The number of methoxy groups -OCH3 is 1. The molecule has 0 radical (unpaired) electrons. The molecule has 31 heavy (non-hydrogen) atoms. The first-order valence-corrected chi connectivity index (χ1v) is 11.8. The maximum Gasteiger partial charge on any atom is 0.339 e. The van der Waals surface area contributed by atoms with Gasteiger partial charge in [-0.3, -0.25) is 4.79 Å². The Morgan fingerprint density at radius 3 is 2.45 bits per heavy atom. The summed E-state index contributed by atoms with van der Waals surface area (Å²) in [6.45, 7) is 0.620. The molecule has 0 spiro atoms. The molecule has 2 aromatic carbocycles. The molecule has 1 saturated heterocycles. The van der Waals surface area contributed by atoms with Gasteiger partial charge in [0.15, 0.2) is 0 Å². The second-order valence-electron chi connectivity index (χ2n) is 7.12. The number of carbonyl (C=O) groups excluding carboxylic acids is 2. The van der Waals surface area contributed by atoms with E-state index in [2.05, 4.69) is 5.32 Å². The van der Waals surface area contributed by atoms with Gasteiger partial charge >= 0.3 is 5.97 Å². The summed E-state index contributed by atoms with van der Waals surface area (Å²) in [7, 11) is -2.69. The Kier molecular flexibility index (Phi) is 7.59. The zero-order chi connectivity index (χ0) is 22.6. The number of hydrogen-bond acceptors (Lipinski definition) is 5. The summed E-state index contributed by atoms with van der Waals surface area (Å²) in [5, 5.41) is 3.84. The zero-order valence-electron chi connectivity index (χ0n) is 16.8. The van der Waals surface area contributed by atoms with Crippen molar-refractivity contribution in [2.24, 2.45) is 5.92 Å². The van der Waals surface area contributed by atoms with Crippen LogP contribution in [0.25, 0.3) is 0 Å². The van der Waals surface area contributed by atoms with Crippen molar-refractivity contribution in [3.05, 3.63) is 63.6 Å². The minimum atomic E-state index is -3.89. The van der Waals surface area contributed by atoms with Gasteiger partial charge in [-0.2, -0.15) is 4.31 Å². The Bertz CT molecular complexity index is 1080. The van der Waals surface area contributed by atoms with E-state index in [-0.39, 0.29) is 41.9 Å². The van der Waals surface area contributed by atoms with Crippen LogP contribution >= 0.6 is 23.2 Å². The third-order valence-electron chi connectivity index (χ3n) is 5.20. The lowest BCUT2D eigenvalue weighted by atomic mass is 9.97. The van der Waals surface area contributed by atoms with Gasteiger partial charge in [0.05, 0.1) is 17.6 Å². The number of benzene rings is 2. The van der Waals surface area contributed by atoms with Gasteiger partial charge in [0.25, 0.3) is 0 Å². The van der Waals surface area contributed by atoms with E-state index in [1.54, 1.807) is 30.3 Å². The summed E-state index contributed by atoms with van der Waals surface area (Å²) < 4.78 is 32.1. The first-order valence-electron chi connectivity index (χ1n) is 9.63. The number of esters is 1. The molecule has 0 bridgehead atoms. The summed E-state index contributed by atoms with van der Waals surface area (Å²) >= 11 is 12.0. The fraction of sp³-hybridized carbons (Fsp3) is 0.333. The highest BCUT2D eigenvalue weighted by Gasteiger charge is 2.34. The molecule has 0 aliphatic carbocycles. The smallest absolute Gasteiger partial charge is 0.339 e. The van der Waals surface area contributed by atoms with E-state index in [4.69, 9.17) is 27.9 Å². The minimum Gasteiger partial charge on any atom is -0.465 e. The second kappa shape index (κ2) is 9.99. The van der Waals surface area contributed by atoms with Crippen LogP contribution in [-0.4, -0.2) is 44.8 Å². The molecule has 10 heteroatoms. The van der Waals surface area contributed by atoms with Gasteiger partial charge in [0.2, 0.25) is 15.9 Å². The average Bonchev–Trinajstić information content (AvgIpc) is 2.77. The van der Waals surface area contributed by atoms with Crippen LogP contribution in [0.15, 0.2) is 47.4 Å². The van der Waals surface area contributed by atoms with Crippen molar-refractivity contribution in [2.75, 3.05) is 20.2 Å². The lowest BCUT2D eigenvalue weighted by Crippen LogP contribution is -2.43. The topological polar surface area (TPSA) is 92.8 Å². The number of rotatable bonds is 6. The largest absolute Gasteiger partial charge is 0.465 e. The molecular formula is C21H22Cl2N2O5S. The number of carbonyl (C=O) groups is 2. The maximum atomic E-state index is 13.1. The van der Waals surface area contributed by atoms with Crippen LogP contribution in [0.3, 0.4) is 0 Å². The Hall–Kier alpha value is -2.13. The van der Waals surface area contributed by atoms with Gasteiger partial charge in [-0.25, -0.2) is 13.2 Å². The summed E-state index contributed by atoms with van der Waals surface area (Å²) in [6.07, 6.45) is 0.750. The average molecular weight is 485 g/mol. The Morgan fingerprint density at radius 1 is 1.13 bits per heavy atom. The summed E-state index contributed by atoms with van der Waals surface area (Å²) in [5.74, 6) is -1.18. The van der Waals surface area contributed by atoms with E-state index >= 15 is 0 Å². The van der Waals surface area contributed by atoms with Crippen LogP contribution in [-0.2, 0) is 26.1 Å². The molecule has 0 unspecified atom stereocenters. The van der Waals surface area contributed by atoms with Crippen LogP contribution in [0.1, 0.15) is 28.8 Å². The van der Waals surface area contributed by atoms with Gasteiger partial charge in [0, 0.05) is 35.6 Å². The molecule has 2 aromatic rings. The van der Waals surface area contributed by atoms with E-state index in [9.17, 15) is 18.0 Å². The first-order chi connectivity index (χ1) is 14.7. The number of halogens is 2.